The van der Waals surface area contributed by atoms with Gasteiger partial charge in [-0.05, 0) is 50.8 Å². The zero-order valence-electron chi connectivity index (χ0n) is 13.7. The molecule has 0 spiro atoms. The molecular weight excluding hydrogens is 300 g/mol. The number of rotatable bonds is 4. The van der Waals surface area contributed by atoms with Crippen LogP contribution in [0.25, 0.3) is 10.8 Å². The lowest BCUT2D eigenvalue weighted by Crippen LogP contribution is -2.38. The Bertz CT molecular complexity index is 771. The highest BCUT2D eigenvalue weighted by Gasteiger charge is 2.19. The Hall–Kier alpha value is -2.39. The Balaban J connectivity index is 1.65. The summed E-state index contributed by atoms with van der Waals surface area (Å²) in [7, 11) is 0. The van der Waals surface area contributed by atoms with Crippen LogP contribution >= 0.6 is 0 Å². The molecule has 2 aromatic rings. The zero-order chi connectivity index (χ0) is 16.4. The van der Waals surface area contributed by atoms with Crippen LogP contribution < -0.4 is 16.0 Å². The van der Waals surface area contributed by atoms with Gasteiger partial charge in [0.25, 0.3) is 0 Å². The standard InChI is InChI=1S/C18H22N6/c19-9-15-7-12-10-21-17(22-14-5-2-6-20-11-14)8-16(12)18(24-15)23-13-3-1-4-13/h7-8,10,13-14,20H,1-6,11H2,(H,21,22)(H,23,24)/t14-/m0/s1. The van der Waals surface area contributed by atoms with Crippen molar-refractivity contribution in [1.29, 1.82) is 5.26 Å². The number of nitriles is 1. The molecule has 1 saturated carbocycles. The number of piperidine rings is 1. The molecule has 1 atom stereocenters. The quantitative estimate of drug-likeness (QED) is 0.802. The molecule has 0 amide bonds. The van der Waals surface area contributed by atoms with Crippen LogP contribution in [0.1, 0.15) is 37.8 Å². The minimum atomic E-state index is 0.415. The predicted octanol–water partition coefficient (Wildman–Crippen LogP) is 2.63. The van der Waals surface area contributed by atoms with Crippen LogP contribution in [0.15, 0.2) is 18.3 Å². The van der Waals surface area contributed by atoms with Gasteiger partial charge >= 0.3 is 0 Å². The third-order valence-corrected chi connectivity index (χ3v) is 4.92. The zero-order valence-corrected chi connectivity index (χ0v) is 13.7. The Labute approximate surface area is 141 Å². The van der Waals surface area contributed by atoms with Crippen molar-refractivity contribution in [2.24, 2.45) is 0 Å². The summed E-state index contributed by atoms with van der Waals surface area (Å²) in [5, 5.41) is 21.6. The molecule has 1 aliphatic carbocycles. The van der Waals surface area contributed by atoms with E-state index in [9.17, 15) is 5.26 Å². The summed E-state index contributed by atoms with van der Waals surface area (Å²) < 4.78 is 0. The fourth-order valence-electron chi connectivity index (χ4n) is 3.32. The van der Waals surface area contributed by atoms with Gasteiger partial charge in [-0.3, -0.25) is 0 Å². The highest BCUT2D eigenvalue weighted by Crippen LogP contribution is 2.29. The van der Waals surface area contributed by atoms with Gasteiger partial charge in [0.15, 0.2) is 0 Å². The minimum absolute atomic E-state index is 0.415. The Morgan fingerprint density at radius 2 is 2.00 bits per heavy atom. The maximum absolute atomic E-state index is 9.22. The summed E-state index contributed by atoms with van der Waals surface area (Å²) in [6.07, 6.45) is 7.78. The second-order valence-electron chi connectivity index (χ2n) is 6.72. The molecule has 2 aliphatic rings. The first-order valence-corrected chi connectivity index (χ1v) is 8.76. The van der Waals surface area contributed by atoms with Gasteiger partial charge in [0.2, 0.25) is 0 Å². The maximum atomic E-state index is 9.22. The SMILES string of the molecule is N#Cc1cc2cnc(N[C@H]3CCCNC3)cc2c(NC2CCC2)n1. The van der Waals surface area contributed by atoms with Gasteiger partial charge in [0.1, 0.15) is 23.4 Å². The molecule has 6 heteroatoms. The maximum Gasteiger partial charge on any atom is 0.143 e. The largest absolute Gasteiger partial charge is 0.367 e. The molecule has 1 aliphatic heterocycles. The molecule has 1 saturated heterocycles. The van der Waals surface area contributed by atoms with E-state index >= 15 is 0 Å². The van der Waals surface area contributed by atoms with Crippen LogP contribution in [0.3, 0.4) is 0 Å². The van der Waals surface area contributed by atoms with E-state index in [2.05, 4.69) is 38.1 Å². The van der Waals surface area contributed by atoms with Gasteiger partial charge in [0.05, 0.1) is 0 Å². The van der Waals surface area contributed by atoms with E-state index in [4.69, 9.17) is 0 Å². The molecule has 6 nitrogen and oxygen atoms in total. The summed E-state index contributed by atoms with van der Waals surface area (Å²) >= 11 is 0. The highest BCUT2D eigenvalue weighted by atomic mass is 15.1. The van der Waals surface area contributed by atoms with Crippen LogP contribution in [0.4, 0.5) is 11.6 Å². The van der Waals surface area contributed by atoms with E-state index in [0.29, 0.717) is 17.8 Å². The molecule has 24 heavy (non-hydrogen) atoms. The Morgan fingerprint density at radius 1 is 1.12 bits per heavy atom. The number of nitrogens with one attached hydrogen (secondary N) is 3. The lowest BCUT2D eigenvalue weighted by Gasteiger charge is -2.28. The van der Waals surface area contributed by atoms with E-state index in [1.54, 1.807) is 6.07 Å². The normalized spacial score (nSPS) is 21.0. The number of anilines is 2. The molecule has 0 unspecified atom stereocenters. The van der Waals surface area contributed by atoms with Gasteiger partial charge in [-0.1, -0.05) is 0 Å². The average molecular weight is 322 g/mol. The smallest absolute Gasteiger partial charge is 0.143 e. The van der Waals surface area contributed by atoms with Crippen molar-refractivity contribution in [3.05, 3.63) is 24.0 Å². The summed E-state index contributed by atoms with van der Waals surface area (Å²) in [5.74, 6) is 1.68. The second-order valence-corrected chi connectivity index (χ2v) is 6.72. The Kier molecular flexibility index (Phi) is 4.18. The molecule has 3 heterocycles. The van der Waals surface area contributed by atoms with Crippen LogP contribution in [-0.2, 0) is 0 Å². The van der Waals surface area contributed by atoms with Gasteiger partial charge in [-0.2, -0.15) is 5.26 Å². The van der Waals surface area contributed by atoms with Crippen molar-refractivity contribution >= 4 is 22.4 Å². The minimum Gasteiger partial charge on any atom is -0.367 e. The fraction of sp³-hybridized carbons (Fsp3) is 0.500. The Morgan fingerprint density at radius 3 is 2.71 bits per heavy atom. The lowest BCUT2D eigenvalue weighted by molar-refractivity contribution is 0.445. The highest BCUT2D eigenvalue weighted by molar-refractivity contribution is 5.93. The first kappa shape index (κ1) is 15.2. The van der Waals surface area contributed by atoms with Crippen molar-refractivity contribution in [3.63, 3.8) is 0 Å². The van der Waals surface area contributed by atoms with Crippen molar-refractivity contribution in [2.75, 3.05) is 23.7 Å². The van der Waals surface area contributed by atoms with Crippen LogP contribution in [0.2, 0.25) is 0 Å². The van der Waals surface area contributed by atoms with Gasteiger partial charge in [-0.25, -0.2) is 9.97 Å². The summed E-state index contributed by atoms with van der Waals surface area (Å²) in [4.78, 5) is 9.02. The van der Waals surface area contributed by atoms with Crippen LogP contribution in [0, 0.1) is 11.3 Å². The van der Waals surface area contributed by atoms with E-state index in [-0.39, 0.29) is 0 Å². The molecular formula is C18H22N6. The molecule has 0 bridgehead atoms. The van der Waals surface area contributed by atoms with E-state index in [1.165, 1.54) is 25.7 Å². The molecule has 0 radical (unpaired) electrons. The molecule has 2 fully saturated rings. The van der Waals surface area contributed by atoms with Gasteiger partial charge in [-0.15, -0.1) is 0 Å². The van der Waals surface area contributed by atoms with Crippen molar-refractivity contribution in [3.8, 4) is 6.07 Å². The monoisotopic (exact) mass is 322 g/mol. The van der Waals surface area contributed by atoms with Gasteiger partial charge in [0, 0.05) is 35.6 Å². The number of hydrogen-bond donors (Lipinski definition) is 3. The topological polar surface area (TPSA) is 85.7 Å². The first-order valence-electron chi connectivity index (χ1n) is 8.76. The average Bonchev–Trinajstić information content (AvgIpc) is 2.59. The molecule has 2 aromatic heterocycles. The number of hydrogen-bond acceptors (Lipinski definition) is 6. The van der Waals surface area contributed by atoms with E-state index in [0.717, 1.165) is 41.9 Å². The molecule has 0 aromatic carbocycles. The van der Waals surface area contributed by atoms with E-state index < -0.39 is 0 Å². The number of nitrogens with zero attached hydrogens (tertiary/aromatic N) is 3. The lowest BCUT2D eigenvalue weighted by atomic mass is 9.93. The number of fused-ring (bicyclic) bond motifs is 1. The predicted molar refractivity (Wildman–Crippen MR) is 95.0 cm³/mol. The van der Waals surface area contributed by atoms with Crippen LogP contribution in [-0.4, -0.2) is 35.1 Å². The number of aromatic nitrogens is 2. The molecule has 4 rings (SSSR count). The number of pyridine rings is 2. The second kappa shape index (κ2) is 6.62. The van der Waals surface area contributed by atoms with Gasteiger partial charge < -0.3 is 16.0 Å². The third-order valence-electron chi connectivity index (χ3n) is 4.92. The van der Waals surface area contributed by atoms with E-state index in [1.807, 2.05) is 6.20 Å². The molecule has 3 N–H and O–H groups in total. The van der Waals surface area contributed by atoms with Crippen molar-refractivity contribution < 1.29 is 0 Å². The third kappa shape index (κ3) is 3.13. The fourth-order valence-corrected chi connectivity index (χ4v) is 3.32. The summed E-state index contributed by atoms with van der Waals surface area (Å²) in [6, 6.07) is 6.90. The first-order chi connectivity index (χ1) is 11.8. The molecule has 124 valence electrons. The summed E-state index contributed by atoms with van der Waals surface area (Å²) in [6.45, 7) is 2.07. The summed E-state index contributed by atoms with van der Waals surface area (Å²) in [5.41, 5.74) is 0.434. The van der Waals surface area contributed by atoms with Crippen molar-refractivity contribution in [2.45, 2.75) is 44.2 Å². The van der Waals surface area contributed by atoms with Crippen LogP contribution in [0.5, 0.6) is 0 Å². The van der Waals surface area contributed by atoms with Crippen molar-refractivity contribution in [1.82, 2.24) is 15.3 Å².